The molecule has 19 heavy (non-hydrogen) atoms. The summed E-state index contributed by atoms with van der Waals surface area (Å²) in [5, 5.41) is 6.00. The van der Waals surface area contributed by atoms with Gasteiger partial charge in [0, 0.05) is 19.6 Å². The third-order valence-electron chi connectivity index (χ3n) is 3.73. The van der Waals surface area contributed by atoms with Crippen LogP contribution in [0.2, 0.25) is 0 Å². The Morgan fingerprint density at radius 2 is 2.05 bits per heavy atom. The van der Waals surface area contributed by atoms with Crippen molar-refractivity contribution in [3.63, 3.8) is 0 Å². The Morgan fingerprint density at radius 1 is 1.26 bits per heavy atom. The highest BCUT2D eigenvalue weighted by molar-refractivity contribution is 5.88. The molecule has 2 aliphatic rings. The van der Waals surface area contributed by atoms with Crippen LogP contribution in [0.25, 0.3) is 0 Å². The van der Waals surface area contributed by atoms with Crippen LogP contribution >= 0.6 is 0 Å². The molecule has 2 amide bonds. The molecule has 0 aromatic heterocycles. The zero-order valence-electron chi connectivity index (χ0n) is 10.7. The van der Waals surface area contributed by atoms with Gasteiger partial charge in [-0.05, 0) is 17.5 Å². The van der Waals surface area contributed by atoms with Crippen molar-refractivity contribution in [2.75, 3.05) is 19.6 Å². The van der Waals surface area contributed by atoms with Gasteiger partial charge in [-0.1, -0.05) is 24.3 Å². The van der Waals surface area contributed by atoms with E-state index in [1.807, 2.05) is 12.1 Å². The van der Waals surface area contributed by atoms with E-state index in [1.165, 1.54) is 11.1 Å². The summed E-state index contributed by atoms with van der Waals surface area (Å²) in [5.41, 5.74) is 2.48. The molecule has 0 spiro atoms. The number of fused-ring (bicyclic) bond motifs is 1. The molecule has 1 aromatic carbocycles. The monoisotopic (exact) mass is 259 g/mol. The van der Waals surface area contributed by atoms with Gasteiger partial charge in [0.1, 0.15) is 0 Å². The summed E-state index contributed by atoms with van der Waals surface area (Å²) < 4.78 is 0. The minimum atomic E-state index is -0.208. The molecule has 1 fully saturated rings. The smallest absolute Gasteiger partial charge is 0.240 e. The van der Waals surface area contributed by atoms with Crippen molar-refractivity contribution < 1.29 is 9.59 Å². The highest BCUT2D eigenvalue weighted by Gasteiger charge is 2.30. The minimum absolute atomic E-state index is 0.0318. The fourth-order valence-corrected chi connectivity index (χ4v) is 2.68. The quantitative estimate of drug-likeness (QED) is 0.725. The first-order valence-electron chi connectivity index (χ1n) is 6.60. The molecular formula is C14H17N3O2. The number of carbonyl (C=O) groups is 2. The van der Waals surface area contributed by atoms with E-state index in [2.05, 4.69) is 22.8 Å². The van der Waals surface area contributed by atoms with E-state index in [0.29, 0.717) is 26.1 Å². The number of piperazine rings is 1. The van der Waals surface area contributed by atoms with E-state index in [4.69, 9.17) is 0 Å². The number of hydrogen-bond acceptors (Lipinski definition) is 3. The molecule has 100 valence electrons. The van der Waals surface area contributed by atoms with Gasteiger partial charge in [0.05, 0.1) is 12.6 Å². The van der Waals surface area contributed by atoms with E-state index in [-0.39, 0.29) is 24.4 Å². The lowest BCUT2D eigenvalue weighted by Gasteiger charge is -2.32. The lowest BCUT2D eigenvalue weighted by Crippen LogP contribution is -2.56. The van der Waals surface area contributed by atoms with Crippen LogP contribution in [0.3, 0.4) is 0 Å². The topological polar surface area (TPSA) is 61.4 Å². The largest absolute Gasteiger partial charge is 0.353 e. The van der Waals surface area contributed by atoms with Gasteiger partial charge in [-0.3, -0.25) is 9.59 Å². The first kappa shape index (κ1) is 12.2. The van der Waals surface area contributed by atoms with Crippen molar-refractivity contribution in [3.8, 4) is 0 Å². The average molecular weight is 259 g/mol. The van der Waals surface area contributed by atoms with Crippen molar-refractivity contribution >= 4 is 11.8 Å². The predicted molar refractivity (Wildman–Crippen MR) is 70.4 cm³/mol. The third-order valence-corrected chi connectivity index (χ3v) is 3.73. The Kier molecular flexibility index (Phi) is 3.21. The van der Waals surface area contributed by atoms with Crippen molar-refractivity contribution in [2.24, 2.45) is 0 Å². The lowest BCUT2D eigenvalue weighted by molar-refractivity contribution is -0.140. The summed E-state index contributed by atoms with van der Waals surface area (Å²) in [6.07, 6.45) is 0.702. The van der Waals surface area contributed by atoms with E-state index in [9.17, 15) is 9.59 Å². The van der Waals surface area contributed by atoms with E-state index >= 15 is 0 Å². The normalized spacial score (nSPS) is 22.6. The second-order valence-corrected chi connectivity index (χ2v) is 5.02. The first-order chi connectivity index (χ1) is 9.24. The molecule has 2 N–H and O–H groups in total. The maximum Gasteiger partial charge on any atom is 0.240 e. The van der Waals surface area contributed by atoms with Crippen LogP contribution in [0.15, 0.2) is 24.3 Å². The SMILES string of the molecule is O=C1CN(C(=O)C2Cc3ccccc3CN2)CCN1. The highest BCUT2D eigenvalue weighted by atomic mass is 16.2. The van der Waals surface area contributed by atoms with Gasteiger partial charge in [-0.25, -0.2) is 0 Å². The van der Waals surface area contributed by atoms with Crippen LogP contribution in [-0.4, -0.2) is 42.4 Å². The molecule has 0 saturated carbocycles. The summed E-state index contributed by atoms with van der Waals surface area (Å²) in [7, 11) is 0. The van der Waals surface area contributed by atoms with Crippen molar-refractivity contribution in [1.29, 1.82) is 0 Å². The van der Waals surface area contributed by atoms with Crippen LogP contribution in [-0.2, 0) is 22.6 Å². The first-order valence-corrected chi connectivity index (χ1v) is 6.60. The standard InChI is InChI=1S/C14H17N3O2/c18-13-9-17(6-5-15-13)14(19)12-7-10-3-1-2-4-11(10)8-16-12/h1-4,12,16H,5-9H2,(H,15,18). The summed E-state index contributed by atoms with van der Waals surface area (Å²) in [5.74, 6) is -0.0415. The molecule has 3 rings (SSSR count). The molecule has 1 aromatic rings. The Morgan fingerprint density at radius 3 is 2.84 bits per heavy atom. The molecule has 0 bridgehead atoms. The molecule has 1 atom stereocenters. The average Bonchev–Trinajstić information content (AvgIpc) is 2.46. The summed E-state index contributed by atoms with van der Waals surface area (Å²) in [6.45, 7) is 2.05. The summed E-state index contributed by atoms with van der Waals surface area (Å²) >= 11 is 0. The van der Waals surface area contributed by atoms with Gasteiger partial charge in [0.2, 0.25) is 11.8 Å². The van der Waals surface area contributed by atoms with Gasteiger partial charge in [0.25, 0.3) is 0 Å². The number of nitrogens with zero attached hydrogens (tertiary/aromatic N) is 1. The number of amides is 2. The maximum atomic E-state index is 12.4. The van der Waals surface area contributed by atoms with Crippen LogP contribution in [0, 0.1) is 0 Å². The number of carbonyl (C=O) groups excluding carboxylic acids is 2. The fraction of sp³-hybridized carbons (Fsp3) is 0.429. The summed E-state index contributed by atoms with van der Waals surface area (Å²) in [4.78, 5) is 25.4. The molecule has 5 nitrogen and oxygen atoms in total. The molecule has 2 heterocycles. The number of rotatable bonds is 1. The zero-order valence-corrected chi connectivity index (χ0v) is 10.7. The number of hydrogen-bond donors (Lipinski definition) is 2. The van der Waals surface area contributed by atoms with Crippen LogP contribution in [0.5, 0.6) is 0 Å². The lowest BCUT2D eigenvalue weighted by atomic mass is 9.95. The second-order valence-electron chi connectivity index (χ2n) is 5.02. The van der Waals surface area contributed by atoms with E-state index in [0.717, 1.165) is 0 Å². The van der Waals surface area contributed by atoms with Gasteiger partial charge in [-0.15, -0.1) is 0 Å². The predicted octanol–water partition coefficient (Wildman–Crippen LogP) is -0.341. The maximum absolute atomic E-state index is 12.4. The minimum Gasteiger partial charge on any atom is -0.353 e. The molecule has 2 aliphatic heterocycles. The van der Waals surface area contributed by atoms with Crippen LogP contribution < -0.4 is 10.6 Å². The van der Waals surface area contributed by atoms with Gasteiger partial charge in [0.15, 0.2) is 0 Å². The van der Waals surface area contributed by atoms with E-state index < -0.39 is 0 Å². The molecule has 0 aliphatic carbocycles. The third kappa shape index (κ3) is 2.46. The Hall–Kier alpha value is -1.88. The molecule has 1 saturated heterocycles. The summed E-state index contributed by atoms with van der Waals surface area (Å²) in [6, 6.07) is 7.95. The van der Waals surface area contributed by atoms with Gasteiger partial charge in [-0.2, -0.15) is 0 Å². The second kappa shape index (κ2) is 5.01. The van der Waals surface area contributed by atoms with Crippen LogP contribution in [0.4, 0.5) is 0 Å². The Bertz CT molecular complexity index is 515. The Labute approximate surface area is 112 Å². The van der Waals surface area contributed by atoms with Crippen molar-refractivity contribution in [2.45, 2.75) is 19.0 Å². The van der Waals surface area contributed by atoms with E-state index in [1.54, 1.807) is 4.90 Å². The van der Waals surface area contributed by atoms with Crippen molar-refractivity contribution in [3.05, 3.63) is 35.4 Å². The zero-order chi connectivity index (χ0) is 13.2. The Balaban J connectivity index is 1.70. The van der Waals surface area contributed by atoms with Gasteiger partial charge < -0.3 is 15.5 Å². The molecule has 0 radical (unpaired) electrons. The molecular weight excluding hydrogens is 242 g/mol. The van der Waals surface area contributed by atoms with Crippen LogP contribution in [0.1, 0.15) is 11.1 Å². The highest BCUT2D eigenvalue weighted by Crippen LogP contribution is 2.17. The fourth-order valence-electron chi connectivity index (χ4n) is 2.68. The number of nitrogens with one attached hydrogen (secondary N) is 2. The van der Waals surface area contributed by atoms with Gasteiger partial charge >= 0.3 is 0 Å². The molecule has 1 unspecified atom stereocenters. The number of benzene rings is 1. The van der Waals surface area contributed by atoms with Crippen molar-refractivity contribution in [1.82, 2.24) is 15.5 Å². The molecule has 5 heteroatoms.